The van der Waals surface area contributed by atoms with Crippen LogP contribution in [0.1, 0.15) is 10.4 Å². The van der Waals surface area contributed by atoms with Gasteiger partial charge in [0.05, 0.1) is 10.7 Å². The van der Waals surface area contributed by atoms with Gasteiger partial charge in [-0.05, 0) is 6.07 Å². The molecule has 0 heterocycles. The molecule has 0 bridgehead atoms. The van der Waals surface area contributed by atoms with E-state index < -0.39 is 33.9 Å². The van der Waals surface area contributed by atoms with Crippen LogP contribution in [-0.2, 0) is 0 Å². The Morgan fingerprint density at radius 2 is 2.00 bits per heavy atom. The first-order valence-electron chi connectivity index (χ1n) is 3.11. The summed E-state index contributed by atoms with van der Waals surface area (Å²) < 4.78 is 25.8. The standard InChI is InChI=1S/C7H4ClF2NO2/c8-2-1-3(11)6(10)4(5(2)9)7(12)13/h1H,11H2,(H,12,13). The third-order valence-corrected chi connectivity index (χ3v) is 1.67. The Morgan fingerprint density at radius 3 is 2.46 bits per heavy atom. The van der Waals surface area contributed by atoms with E-state index in [1.807, 2.05) is 0 Å². The van der Waals surface area contributed by atoms with Crippen LogP contribution >= 0.6 is 11.6 Å². The van der Waals surface area contributed by atoms with Crippen LogP contribution in [0.25, 0.3) is 0 Å². The molecular weight excluding hydrogens is 204 g/mol. The van der Waals surface area contributed by atoms with Crippen molar-refractivity contribution < 1.29 is 18.7 Å². The molecule has 13 heavy (non-hydrogen) atoms. The molecule has 6 heteroatoms. The minimum absolute atomic E-state index is 0.496. The summed E-state index contributed by atoms with van der Waals surface area (Å²) in [5.74, 6) is -4.38. The van der Waals surface area contributed by atoms with Gasteiger partial charge in [-0.15, -0.1) is 0 Å². The molecule has 0 saturated carbocycles. The summed E-state index contributed by atoms with van der Waals surface area (Å²) in [5.41, 5.74) is 3.41. The highest BCUT2D eigenvalue weighted by molar-refractivity contribution is 6.31. The van der Waals surface area contributed by atoms with Gasteiger partial charge in [0.2, 0.25) is 0 Å². The zero-order valence-electron chi connectivity index (χ0n) is 6.14. The van der Waals surface area contributed by atoms with Crippen LogP contribution in [0, 0.1) is 11.6 Å². The Hall–Kier alpha value is -1.36. The fraction of sp³-hybridized carbons (Fsp3) is 0. The molecule has 0 atom stereocenters. The van der Waals surface area contributed by atoms with Gasteiger partial charge in [-0.2, -0.15) is 0 Å². The van der Waals surface area contributed by atoms with E-state index in [-0.39, 0.29) is 0 Å². The van der Waals surface area contributed by atoms with E-state index in [2.05, 4.69) is 0 Å². The van der Waals surface area contributed by atoms with Crippen molar-refractivity contribution in [3.8, 4) is 0 Å². The van der Waals surface area contributed by atoms with Crippen molar-refractivity contribution in [3.63, 3.8) is 0 Å². The molecule has 70 valence electrons. The highest BCUT2D eigenvalue weighted by atomic mass is 35.5. The van der Waals surface area contributed by atoms with Crippen molar-refractivity contribution in [1.29, 1.82) is 0 Å². The van der Waals surface area contributed by atoms with E-state index in [0.717, 1.165) is 6.07 Å². The molecule has 1 rings (SSSR count). The lowest BCUT2D eigenvalue weighted by Crippen LogP contribution is -2.07. The highest BCUT2D eigenvalue weighted by Crippen LogP contribution is 2.25. The highest BCUT2D eigenvalue weighted by Gasteiger charge is 2.21. The maximum absolute atomic E-state index is 12.9. The topological polar surface area (TPSA) is 63.3 Å². The molecule has 3 N–H and O–H groups in total. The van der Waals surface area contributed by atoms with Gasteiger partial charge in [0, 0.05) is 0 Å². The monoisotopic (exact) mass is 207 g/mol. The van der Waals surface area contributed by atoms with Gasteiger partial charge in [-0.3, -0.25) is 0 Å². The number of benzene rings is 1. The number of anilines is 1. The Morgan fingerprint density at radius 1 is 1.46 bits per heavy atom. The van der Waals surface area contributed by atoms with Gasteiger partial charge in [0.1, 0.15) is 5.56 Å². The summed E-state index contributed by atoms with van der Waals surface area (Å²) in [6.07, 6.45) is 0. The van der Waals surface area contributed by atoms with Crippen LogP contribution in [0.5, 0.6) is 0 Å². The maximum atomic E-state index is 12.9. The Bertz CT molecular complexity index is 355. The number of carbonyl (C=O) groups is 1. The van der Waals surface area contributed by atoms with Crippen LogP contribution in [0.4, 0.5) is 14.5 Å². The quantitative estimate of drug-likeness (QED) is 0.546. The summed E-state index contributed by atoms with van der Waals surface area (Å²) >= 11 is 5.25. The maximum Gasteiger partial charge on any atom is 0.341 e. The third kappa shape index (κ3) is 1.55. The van der Waals surface area contributed by atoms with Crippen LogP contribution in [0.3, 0.4) is 0 Å². The summed E-state index contributed by atoms with van der Waals surface area (Å²) in [6, 6.07) is 0.818. The Balaban J connectivity index is 3.56. The van der Waals surface area contributed by atoms with Crippen LogP contribution in [0.2, 0.25) is 5.02 Å². The number of nitrogens with two attached hydrogens (primary N) is 1. The van der Waals surface area contributed by atoms with Crippen LogP contribution in [-0.4, -0.2) is 11.1 Å². The van der Waals surface area contributed by atoms with Crippen LogP contribution in [0.15, 0.2) is 6.07 Å². The summed E-state index contributed by atoms with van der Waals surface area (Å²) in [4.78, 5) is 10.4. The van der Waals surface area contributed by atoms with Crippen LogP contribution < -0.4 is 5.73 Å². The molecule has 0 unspecified atom stereocenters. The molecule has 0 fully saturated rings. The van der Waals surface area contributed by atoms with Crippen molar-refractivity contribution >= 4 is 23.3 Å². The number of halogens is 3. The lowest BCUT2D eigenvalue weighted by molar-refractivity contribution is 0.0686. The van der Waals surface area contributed by atoms with E-state index in [1.54, 1.807) is 0 Å². The average Bonchev–Trinajstić information content (AvgIpc) is 2.01. The number of hydrogen-bond acceptors (Lipinski definition) is 2. The lowest BCUT2D eigenvalue weighted by Gasteiger charge is -2.03. The smallest absolute Gasteiger partial charge is 0.341 e. The van der Waals surface area contributed by atoms with Gasteiger partial charge in [0.25, 0.3) is 0 Å². The predicted octanol–water partition coefficient (Wildman–Crippen LogP) is 1.90. The predicted molar refractivity (Wildman–Crippen MR) is 42.7 cm³/mol. The van der Waals surface area contributed by atoms with Gasteiger partial charge < -0.3 is 10.8 Å². The van der Waals surface area contributed by atoms with Crippen molar-refractivity contribution in [1.82, 2.24) is 0 Å². The number of carboxylic acid groups (broad SMARTS) is 1. The van der Waals surface area contributed by atoms with E-state index in [4.69, 9.17) is 22.4 Å². The number of nitrogen functional groups attached to an aromatic ring is 1. The first kappa shape index (κ1) is 9.73. The zero-order valence-corrected chi connectivity index (χ0v) is 6.90. The van der Waals surface area contributed by atoms with Gasteiger partial charge in [-0.25, -0.2) is 13.6 Å². The number of aromatic carboxylic acids is 1. The molecule has 0 radical (unpaired) electrons. The van der Waals surface area contributed by atoms with Gasteiger partial charge >= 0.3 is 5.97 Å². The third-order valence-electron chi connectivity index (χ3n) is 1.40. The second kappa shape index (κ2) is 3.18. The van der Waals surface area contributed by atoms with E-state index in [0.29, 0.717) is 0 Å². The second-order valence-corrected chi connectivity index (χ2v) is 2.66. The fourth-order valence-corrected chi connectivity index (χ4v) is 1.02. The minimum Gasteiger partial charge on any atom is -0.477 e. The molecular formula is C7H4ClF2NO2. The zero-order chi connectivity index (χ0) is 10.2. The second-order valence-electron chi connectivity index (χ2n) is 2.26. The number of hydrogen-bond donors (Lipinski definition) is 2. The van der Waals surface area contributed by atoms with Crippen molar-refractivity contribution in [2.24, 2.45) is 0 Å². The largest absolute Gasteiger partial charge is 0.477 e. The van der Waals surface area contributed by atoms with Gasteiger partial charge in [-0.1, -0.05) is 11.6 Å². The molecule has 0 aromatic heterocycles. The fourth-order valence-electron chi connectivity index (χ4n) is 0.811. The molecule has 0 amide bonds. The Labute approximate surface area is 76.7 Å². The molecule has 0 aliphatic carbocycles. The van der Waals surface area contributed by atoms with E-state index in [9.17, 15) is 13.6 Å². The lowest BCUT2D eigenvalue weighted by atomic mass is 10.1. The molecule has 0 aliphatic rings. The summed E-state index contributed by atoms with van der Waals surface area (Å²) in [7, 11) is 0. The molecule has 1 aromatic carbocycles. The molecule has 0 aliphatic heterocycles. The van der Waals surface area contributed by atoms with Crippen molar-refractivity contribution in [2.45, 2.75) is 0 Å². The van der Waals surface area contributed by atoms with E-state index >= 15 is 0 Å². The normalized spacial score (nSPS) is 10.1. The summed E-state index contributed by atoms with van der Waals surface area (Å²) in [6.45, 7) is 0. The molecule has 3 nitrogen and oxygen atoms in total. The van der Waals surface area contributed by atoms with E-state index in [1.165, 1.54) is 0 Å². The minimum atomic E-state index is -1.75. The Kier molecular flexibility index (Phi) is 2.38. The molecule has 0 spiro atoms. The molecule has 1 aromatic rings. The summed E-state index contributed by atoms with van der Waals surface area (Å²) in [5, 5.41) is 7.88. The number of carboxylic acids is 1. The van der Waals surface area contributed by atoms with Crippen molar-refractivity contribution in [3.05, 3.63) is 28.3 Å². The van der Waals surface area contributed by atoms with Crippen molar-refractivity contribution in [2.75, 3.05) is 5.73 Å². The number of rotatable bonds is 1. The first-order valence-corrected chi connectivity index (χ1v) is 3.49. The molecule has 0 saturated heterocycles. The average molecular weight is 208 g/mol. The van der Waals surface area contributed by atoms with Gasteiger partial charge in [0.15, 0.2) is 11.6 Å². The first-order chi connectivity index (χ1) is 5.95. The SMILES string of the molecule is Nc1cc(Cl)c(F)c(C(=O)O)c1F.